The lowest BCUT2D eigenvalue weighted by molar-refractivity contribution is 0.653. The highest BCUT2D eigenvalue weighted by molar-refractivity contribution is 6.20. The van der Waals surface area contributed by atoms with Crippen LogP contribution in [0.25, 0.3) is 66.1 Å². The van der Waals surface area contributed by atoms with Crippen molar-refractivity contribution in [2.45, 2.75) is 24.7 Å². The molecule has 2 aliphatic carbocycles. The Kier molecular flexibility index (Phi) is 6.99. The van der Waals surface area contributed by atoms with Crippen LogP contribution in [0.5, 0.6) is 0 Å². The van der Waals surface area contributed by atoms with E-state index in [4.69, 9.17) is 8.83 Å². The first kappa shape index (κ1) is 34.3. The zero-order chi connectivity index (χ0) is 40.5. The summed E-state index contributed by atoms with van der Waals surface area (Å²) in [7, 11) is 0. The van der Waals surface area contributed by atoms with E-state index in [1.54, 1.807) is 0 Å². The van der Waals surface area contributed by atoms with Crippen LogP contribution in [0.4, 0.5) is 17.1 Å². The molecule has 0 aliphatic heterocycles. The highest BCUT2D eigenvalue weighted by Crippen LogP contribution is 2.58. The molecular formula is C58H39NO2. The monoisotopic (exact) mass is 781 g/mol. The Hall–Kier alpha value is -7.62. The highest BCUT2D eigenvalue weighted by atomic mass is 16.3. The highest BCUT2D eigenvalue weighted by Gasteiger charge is 2.46. The number of hydrogen-bond acceptors (Lipinski definition) is 3. The van der Waals surface area contributed by atoms with Crippen molar-refractivity contribution in [3.05, 3.63) is 234 Å². The average Bonchev–Trinajstić information content (AvgIpc) is 4.03. The van der Waals surface area contributed by atoms with E-state index < -0.39 is 5.41 Å². The quantitative estimate of drug-likeness (QED) is 0.174. The fourth-order valence-corrected chi connectivity index (χ4v) is 11.2. The average molecular weight is 782 g/mol. The van der Waals surface area contributed by atoms with Crippen LogP contribution >= 0.6 is 0 Å². The van der Waals surface area contributed by atoms with Crippen molar-refractivity contribution in [1.29, 1.82) is 0 Å². The molecule has 9 aromatic carbocycles. The second kappa shape index (κ2) is 12.5. The fourth-order valence-electron chi connectivity index (χ4n) is 11.2. The number of nitrogens with zero attached hydrogens (tertiary/aromatic N) is 1. The van der Waals surface area contributed by atoms with Gasteiger partial charge in [-0.1, -0.05) is 172 Å². The molecule has 0 fully saturated rings. The minimum Gasteiger partial charge on any atom is -0.456 e. The molecule has 0 unspecified atom stereocenters. The van der Waals surface area contributed by atoms with E-state index in [1.165, 1.54) is 55.6 Å². The van der Waals surface area contributed by atoms with E-state index in [0.29, 0.717) is 0 Å². The summed E-state index contributed by atoms with van der Waals surface area (Å²) >= 11 is 0. The molecule has 0 atom stereocenters. The van der Waals surface area contributed by atoms with Crippen molar-refractivity contribution in [3.8, 4) is 22.3 Å². The van der Waals surface area contributed by atoms with Crippen molar-refractivity contribution < 1.29 is 8.83 Å². The van der Waals surface area contributed by atoms with Gasteiger partial charge in [-0.2, -0.15) is 0 Å². The maximum absolute atomic E-state index is 7.06. The van der Waals surface area contributed by atoms with Gasteiger partial charge in [-0.05, 0) is 92.5 Å². The van der Waals surface area contributed by atoms with Gasteiger partial charge < -0.3 is 13.7 Å². The largest absolute Gasteiger partial charge is 0.456 e. The van der Waals surface area contributed by atoms with E-state index in [1.807, 2.05) is 6.07 Å². The SMILES string of the molecule is CC1(C)c2ccccc2-c2c1ccc1c2oc2cccc(N(c3cccc(C4(c5ccccc5)c5ccccc5-c5ccccc54)c3)c3cccc4oc5ccccc5c34)c21. The van der Waals surface area contributed by atoms with Crippen LogP contribution in [0.3, 0.4) is 0 Å². The number of hydrogen-bond donors (Lipinski definition) is 0. The standard InChI is InChI=1S/C58H39NO2/c1-57(2)44-25-10-8-23-41(44)53-47(57)34-33-43-55-49(29-16-32-52(55)61-56(43)53)59(48-28-15-31-51-54(48)42-24-9-13-30-50(42)60-51)38-20-14-19-37(35-38)58(36-17-4-3-5-18-36)45-26-11-6-21-39(45)40-22-7-12-27-46(40)58/h3-35H,1-2H3. The molecular weight excluding hydrogens is 743 g/mol. The molecule has 3 nitrogen and oxygen atoms in total. The summed E-state index contributed by atoms with van der Waals surface area (Å²) in [5.74, 6) is 0. The van der Waals surface area contributed by atoms with E-state index in [9.17, 15) is 0 Å². The lowest BCUT2D eigenvalue weighted by Gasteiger charge is -2.35. The molecule has 0 radical (unpaired) electrons. The summed E-state index contributed by atoms with van der Waals surface area (Å²) in [6, 6.07) is 72.9. The number of benzene rings is 9. The van der Waals surface area contributed by atoms with E-state index in [-0.39, 0.29) is 5.41 Å². The molecule has 0 amide bonds. The van der Waals surface area contributed by atoms with Crippen molar-refractivity contribution in [1.82, 2.24) is 0 Å². The van der Waals surface area contributed by atoms with Crippen LogP contribution in [0.2, 0.25) is 0 Å². The van der Waals surface area contributed by atoms with Gasteiger partial charge in [0.05, 0.1) is 27.6 Å². The van der Waals surface area contributed by atoms with E-state index in [2.05, 4.69) is 213 Å². The lowest BCUT2D eigenvalue weighted by atomic mass is 9.67. The number of fused-ring (bicyclic) bond motifs is 13. The molecule has 2 aliphatic rings. The first-order valence-corrected chi connectivity index (χ1v) is 21.2. The van der Waals surface area contributed by atoms with Crippen LogP contribution in [-0.2, 0) is 10.8 Å². The first-order valence-electron chi connectivity index (χ1n) is 21.2. The van der Waals surface area contributed by atoms with Crippen molar-refractivity contribution >= 4 is 60.9 Å². The Bertz CT molecular complexity index is 3540. The van der Waals surface area contributed by atoms with E-state index >= 15 is 0 Å². The molecule has 13 rings (SSSR count). The third-order valence-electron chi connectivity index (χ3n) is 13.7. The normalized spacial score (nSPS) is 14.3. The zero-order valence-electron chi connectivity index (χ0n) is 33.8. The Morgan fingerprint density at radius 3 is 1.69 bits per heavy atom. The number of para-hydroxylation sites is 1. The second-order valence-corrected chi connectivity index (χ2v) is 17.1. The molecule has 0 saturated carbocycles. The van der Waals surface area contributed by atoms with Crippen molar-refractivity contribution in [2.75, 3.05) is 4.90 Å². The molecule has 288 valence electrons. The Morgan fingerprint density at radius 2 is 0.951 bits per heavy atom. The number of rotatable bonds is 5. The van der Waals surface area contributed by atoms with Crippen molar-refractivity contribution in [3.63, 3.8) is 0 Å². The predicted octanol–water partition coefficient (Wildman–Crippen LogP) is 15.6. The zero-order valence-corrected chi connectivity index (χ0v) is 33.8. The lowest BCUT2D eigenvalue weighted by Crippen LogP contribution is -2.28. The Labute approximate surface area is 353 Å². The molecule has 0 saturated heterocycles. The molecule has 0 N–H and O–H groups in total. The summed E-state index contributed by atoms with van der Waals surface area (Å²) < 4.78 is 13.6. The summed E-state index contributed by atoms with van der Waals surface area (Å²) in [6.07, 6.45) is 0. The minimum absolute atomic E-state index is 0.140. The van der Waals surface area contributed by atoms with Crippen LogP contribution in [0.1, 0.15) is 47.2 Å². The molecule has 3 heteroatoms. The van der Waals surface area contributed by atoms with Gasteiger partial charge in [-0.25, -0.2) is 0 Å². The Balaban J connectivity index is 1.13. The number of anilines is 3. The van der Waals surface area contributed by atoms with E-state index in [0.717, 1.165) is 60.9 Å². The summed E-state index contributed by atoms with van der Waals surface area (Å²) in [6.45, 7) is 4.65. The van der Waals surface area contributed by atoms with Gasteiger partial charge in [0.1, 0.15) is 22.3 Å². The molecule has 61 heavy (non-hydrogen) atoms. The third kappa shape index (κ3) is 4.53. The van der Waals surface area contributed by atoms with Crippen LogP contribution < -0.4 is 4.90 Å². The topological polar surface area (TPSA) is 29.5 Å². The summed E-state index contributed by atoms with van der Waals surface area (Å²) in [4.78, 5) is 2.45. The summed E-state index contributed by atoms with van der Waals surface area (Å²) in [5, 5.41) is 4.32. The molecule has 2 aromatic heterocycles. The molecule has 0 spiro atoms. The minimum atomic E-state index is -0.556. The van der Waals surface area contributed by atoms with Gasteiger partial charge in [-0.15, -0.1) is 0 Å². The van der Waals surface area contributed by atoms with Crippen LogP contribution in [0, 0.1) is 0 Å². The maximum Gasteiger partial charge on any atom is 0.143 e. The van der Waals surface area contributed by atoms with Crippen LogP contribution in [-0.4, -0.2) is 0 Å². The molecule has 0 bridgehead atoms. The third-order valence-corrected chi connectivity index (χ3v) is 13.7. The predicted molar refractivity (Wildman–Crippen MR) is 251 cm³/mol. The molecule has 11 aromatic rings. The first-order chi connectivity index (χ1) is 30.0. The van der Waals surface area contributed by atoms with Crippen LogP contribution in [0.15, 0.2) is 209 Å². The molecule has 2 heterocycles. The van der Waals surface area contributed by atoms with Crippen molar-refractivity contribution in [2.24, 2.45) is 0 Å². The van der Waals surface area contributed by atoms with Gasteiger partial charge in [0.2, 0.25) is 0 Å². The fraction of sp³-hybridized carbons (Fsp3) is 0.0690. The Morgan fingerprint density at radius 1 is 0.393 bits per heavy atom. The van der Waals surface area contributed by atoms with Gasteiger partial charge in [-0.3, -0.25) is 0 Å². The van der Waals surface area contributed by atoms with Gasteiger partial charge in [0.25, 0.3) is 0 Å². The second-order valence-electron chi connectivity index (χ2n) is 17.1. The van der Waals surface area contributed by atoms with Gasteiger partial charge in [0, 0.05) is 27.4 Å². The summed E-state index contributed by atoms with van der Waals surface area (Å²) in [5.41, 5.74) is 18.5. The van der Waals surface area contributed by atoms with Gasteiger partial charge in [0.15, 0.2) is 0 Å². The number of furan rings is 2. The smallest absolute Gasteiger partial charge is 0.143 e. The van der Waals surface area contributed by atoms with Gasteiger partial charge >= 0.3 is 0 Å². The maximum atomic E-state index is 7.06.